The largest absolute Gasteiger partial charge is 0.493 e. The molecule has 2 heterocycles. The summed E-state index contributed by atoms with van der Waals surface area (Å²) in [5.41, 5.74) is 3.21. The van der Waals surface area contributed by atoms with Gasteiger partial charge in [-0.15, -0.1) is 11.3 Å². The van der Waals surface area contributed by atoms with Gasteiger partial charge in [0.2, 0.25) is 5.75 Å². The molecular formula is C25H19F2N3O3S. The summed E-state index contributed by atoms with van der Waals surface area (Å²) in [7, 11) is 4.71. The minimum absolute atomic E-state index is 0.268. The summed E-state index contributed by atoms with van der Waals surface area (Å²) < 4.78 is 46.8. The first-order valence-corrected chi connectivity index (χ1v) is 11.0. The van der Waals surface area contributed by atoms with E-state index in [9.17, 15) is 8.78 Å². The van der Waals surface area contributed by atoms with Gasteiger partial charge in [0.1, 0.15) is 21.3 Å². The molecule has 172 valence electrons. The summed E-state index contributed by atoms with van der Waals surface area (Å²) in [6.45, 7) is 0. The molecule has 0 saturated heterocycles. The molecule has 0 saturated carbocycles. The van der Waals surface area contributed by atoms with Crippen molar-refractivity contribution in [2.45, 2.75) is 0 Å². The fourth-order valence-electron chi connectivity index (χ4n) is 3.81. The van der Waals surface area contributed by atoms with Crippen LogP contribution in [0.3, 0.4) is 0 Å². The molecule has 34 heavy (non-hydrogen) atoms. The Hall–Kier alpha value is -3.98. The van der Waals surface area contributed by atoms with Crippen LogP contribution < -0.4 is 14.2 Å². The normalized spacial score (nSPS) is 11.1. The Balaban J connectivity index is 1.53. The first-order valence-electron chi connectivity index (χ1n) is 10.2. The van der Waals surface area contributed by atoms with Crippen molar-refractivity contribution in [1.29, 1.82) is 0 Å². The number of nitrogens with zero attached hydrogens (tertiary/aromatic N) is 3. The van der Waals surface area contributed by atoms with Gasteiger partial charge in [-0.25, -0.2) is 18.7 Å². The molecule has 0 amide bonds. The fourth-order valence-corrected chi connectivity index (χ4v) is 4.88. The average Bonchev–Trinajstić information content (AvgIpc) is 3.50. The van der Waals surface area contributed by atoms with Crippen LogP contribution >= 0.6 is 11.3 Å². The molecule has 2 aromatic heterocycles. The van der Waals surface area contributed by atoms with E-state index < -0.39 is 11.6 Å². The van der Waals surface area contributed by atoms with Gasteiger partial charge in [-0.1, -0.05) is 0 Å². The third-order valence-corrected chi connectivity index (χ3v) is 6.54. The van der Waals surface area contributed by atoms with Crippen LogP contribution in [-0.2, 0) is 0 Å². The van der Waals surface area contributed by atoms with Gasteiger partial charge in [-0.2, -0.15) is 0 Å². The van der Waals surface area contributed by atoms with Gasteiger partial charge in [0.05, 0.1) is 45.1 Å². The summed E-state index contributed by atoms with van der Waals surface area (Å²) in [6.07, 6.45) is 3.14. The maximum Gasteiger partial charge on any atom is 0.204 e. The number of hydrogen-bond donors (Lipinski definition) is 0. The van der Waals surface area contributed by atoms with Gasteiger partial charge in [-0.3, -0.25) is 4.57 Å². The standard InChI is InChI=1S/C25H19F2N3O3S/c1-31-21-11-19-24(23(33-3)22(21)32-2)34-25(29-19)14-4-7-16(8-5-14)30-13-28-12-20(30)17-9-6-15(26)10-18(17)27/h4-13H,1-3H3. The number of aromatic nitrogens is 3. The Morgan fingerprint density at radius 2 is 1.65 bits per heavy atom. The molecule has 0 aliphatic heterocycles. The van der Waals surface area contributed by atoms with Crippen LogP contribution in [0.2, 0.25) is 0 Å². The van der Waals surface area contributed by atoms with Crippen molar-refractivity contribution < 1.29 is 23.0 Å². The van der Waals surface area contributed by atoms with E-state index in [0.29, 0.717) is 22.9 Å². The van der Waals surface area contributed by atoms with Crippen molar-refractivity contribution in [1.82, 2.24) is 14.5 Å². The van der Waals surface area contributed by atoms with Gasteiger partial charge >= 0.3 is 0 Å². The lowest BCUT2D eigenvalue weighted by Crippen LogP contribution is -1.97. The first-order chi connectivity index (χ1) is 16.5. The third-order valence-electron chi connectivity index (χ3n) is 5.42. The third kappa shape index (κ3) is 3.63. The topological polar surface area (TPSA) is 58.4 Å². The van der Waals surface area contributed by atoms with E-state index >= 15 is 0 Å². The van der Waals surface area contributed by atoms with E-state index in [0.717, 1.165) is 32.5 Å². The van der Waals surface area contributed by atoms with E-state index in [1.165, 1.54) is 23.5 Å². The monoisotopic (exact) mass is 479 g/mol. The van der Waals surface area contributed by atoms with Gasteiger partial charge in [0.25, 0.3) is 0 Å². The maximum absolute atomic E-state index is 14.4. The zero-order valence-corrected chi connectivity index (χ0v) is 19.3. The predicted molar refractivity (Wildman–Crippen MR) is 127 cm³/mol. The van der Waals surface area contributed by atoms with Gasteiger partial charge in [0, 0.05) is 28.9 Å². The van der Waals surface area contributed by atoms with Crippen LogP contribution in [0.15, 0.2) is 61.1 Å². The summed E-state index contributed by atoms with van der Waals surface area (Å²) in [5.74, 6) is 0.358. The molecule has 0 atom stereocenters. The lowest BCUT2D eigenvalue weighted by molar-refractivity contribution is 0.327. The smallest absolute Gasteiger partial charge is 0.204 e. The summed E-state index contributed by atoms with van der Waals surface area (Å²) in [6, 6.07) is 13.0. The van der Waals surface area contributed by atoms with Crippen molar-refractivity contribution in [2.24, 2.45) is 0 Å². The molecule has 6 nitrogen and oxygen atoms in total. The van der Waals surface area contributed by atoms with E-state index in [4.69, 9.17) is 19.2 Å². The van der Waals surface area contributed by atoms with Crippen molar-refractivity contribution >= 4 is 21.6 Å². The minimum Gasteiger partial charge on any atom is -0.493 e. The summed E-state index contributed by atoms with van der Waals surface area (Å²) in [5, 5.41) is 0.797. The molecule has 0 aliphatic carbocycles. The van der Waals surface area contributed by atoms with Gasteiger partial charge < -0.3 is 14.2 Å². The van der Waals surface area contributed by atoms with Gasteiger partial charge in [-0.05, 0) is 36.4 Å². The number of rotatable bonds is 6. The Morgan fingerprint density at radius 1 is 0.882 bits per heavy atom. The first kappa shape index (κ1) is 21.8. The lowest BCUT2D eigenvalue weighted by Gasteiger charge is -2.11. The minimum atomic E-state index is -0.646. The van der Waals surface area contributed by atoms with E-state index in [-0.39, 0.29) is 5.56 Å². The Bertz CT molecular complexity index is 1500. The van der Waals surface area contributed by atoms with Gasteiger partial charge in [0.15, 0.2) is 11.5 Å². The highest BCUT2D eigenvalue weighted by Crippen LogP contribution is 2.46. The van der Waals surface area contributed by atoms with E-state index in [2.05, 4.69) is 4.98 Å². The molecule has 0 N–H and O–H groups in total. The number of halogens is 2. The number of methoxy groups -OCH3 is 3. The summed E-state index contributed by atoms with van der Waals surface area (Å²) in [4.78, 5) is 8.91. The van der Waals surface area contributed by atoms with Crippen LogP contribution in [0.4, 0.5) is 8.78 Å². The molecule has 0 radical (unpaired) electrons. The number of fused-ring (bicyclic) bond motifs is 1. The number of hydrogen-bond acceptors (Lipinski definition) is 6. The molecule has 0 spiro atoms. The lowest BCUT2D eigenvalue weighted by atomic mass is 10.1. The van der Waals surface area contributed by atoms with Crippen LogP contribution in [0.5, 0.6) is 17.2 Å². The molecule has 0 fully saturated rings. The quantitative estimate of drug-likeness (QED) is 0.294. The zero-order valence-electron chi connectivity index (χ0n) is 18.5. The number of benzene rings is 3. The second-order valence-corrected chi connectivity index (χ2v) is 8.33. The second kappa shape index (κ2) is 8.75. The Kier molecular flexibility index (Phi) is 5.62. The number of thiazole rings is 1. The molecule has 0 unspecified atom stereocenters. The van der Waals surface area contributed by atoms with E-state index in [1.54, 1.807) is 38.4 Å². The molecule has 9 heteroatoms. The molecule has 0 bridgehead atoms. The molecular weight excluding hydrogens is 460 g/mol. The van der Waals surface area contributed by atoms with Crippen molar-refractivity contribution in [2.75, 3.05) is 21.3 Å². The van der Waals surface area contributed by atoms with Crippen LogP contribution in [0.1, 0.15) is 0 Å². The second-order valence-electron chi connectivity index (χ2n) is 7.33. The van der Waals surface area contributed by atoms with Crippen molar-refractivity contribution in [3.05, 3.63) is 72.7 Å². The van der Waals surface area contributed by atoms with E-state index in [1.807, 2.05) is 30.3 Å². The van der Waals surface area contributed by atoms with Crippen LogP contribution in [0.25, 0.3) is 37.7 Å². The SMILES string of the molecule is COc1cc2nc(-c3ccc(-n4cncc4-c4ccc(F)cc4F)cc3)sc2c(OC)c1OC. The maximum atomic E-state index is 14.4. The highest BCUT2D eigenvalue weighted by atomic mass is 32.1. The predicted octanol–water partition coefficient (Wildman–Crippen LogP) is 6.12. The molecule has 5 rings (SSSR count). The Morgan fingerprint density at radius 3 is 2.32 bits per heavy atom. The van der Waals surface area contributed by atoms with Crippen LogP contribution in [0, 0.1) is 11.6 Å². The number of imidazole rings is 1. The number of ether oxygens (including phenoxy) is 3. The highest BCUT2D eigenvalue weighted by Gasteiger charge is 2.20. The molecule has 0 aliphatic rings. The zero-order chi connectivity index (χ0) is 23.8. The molecule has 5 aromatic rings. The van der Waals surface area contributed by atoms with Crippen LogP contribution in [-0.4, -0.2) is 35.9 Å². The fraction of sp³-hybridized carbons (Fsp3) is 0.120. The van der Waals surface area contributed by atoms with Crippen molar-refractivity contribution in [3.63, 3.8) is 0 Å². The highest BCUT2D eigenvalue weighted by molar-refractivity contribution is 7.22. The Labute approximate surface area is 198 Å². The summed E-state index contributed by atoms with van der Waals surface area (Å²) >= 11 is 1.48. The van der Waals surface area contributed by atoms with Crippen molar-refractivity contribution in [3.8, 4) is 44.8 Å². The molecule has 3 aromatic carbocycles. The average molecular weight is 480 g/mol.